The number of piperidine rings is 1. The summed E-state index contributed by atoms with van der Waals surface area (Å²) in [6.45, 7) is 1.81. The summed E-state index contributed by atoms with van der Waals surface area (Å²) in [5.41, 5.74) is 0.135. The standard InChI is InChI=1S/C17H22N4O4/c22-14-9-13(16(24)25)17(20-14)4-7-21(8-5-17)11-15(23)19-10-12-3-1-2-6-18-12/h1-3,6,13H,4-5,7-11H2,(H,19,23)(H,20,22)(H,24,25)/t13-/m0/s1. The second kappa shape index (κ2) is 7.18. The minimum absolute atomic E-state index is 0.0416. The highest BCUT2D eigenvalue weighted by Gasteiger charge is 2.51. The molecule has 0 bridgehead atoms. The monoisotopic (exact) mass is 346 g/mol. The fourth-order valence-electron chi connectivity index (χ4n) is 3.65. The lowest BCUT2D eigenvalue weighted by atomic mass is 9.78. The molecule has 3 heterocycles. The molecular weight excluding hydrogens is 324 g/mol. The number of pyridine rings is 1. The van der Waals surface area contributed by atoms with Crippen molar-refractivity contribution in [3.63, 3.8) is 0 Å². The fourth-order valence-corrected chi connectivity index (χ4v) is 3.65. The van der Waals surface area contributed by atoms with Crippen molar-refractivity contribution < 1.29 is 19.5 Å². The van der Waals surface area contributed by atoms with E-state index in [4.69, 9.17) is 0 Å². The first-order valence-electron chi connectivity index (χ1n) is 8.41. The van der Waals surface area contributed by atoms with E-state index in [2.05, 4.69) is 15.6 Å². The van der Waals surface area contributed by atoms with E-state index >= 15 is 0 Å². The average Bonchev–Trinajstić information content (AvgIpc) is 2.93. The summed E-state index contributed by atoms with van der Waals surface area (Å²) in [4.78, 5) is 41.3. The van der Waals surface area contributed by atoms with E-state index in [1.807, 2.05) is 23.1 Å². The molecule has 2 saturated heterocycles. The number of carboxylic acids is 1. The highest BCUT2D eigenvalue weighted by atomic mass is 16.4. The van der Waals surface area contributed by atoms with Gasteiger partial charge in [0.15, 0.2) is 0 Å². The first kappa shape index (κ1) is 17.3. The molecule has 1 spiro atoms. The van der Waals surface area contributed by atoms with Crippen LogP contribution in [-0.2, 0) is 20.9 Å². The third-order valence-corrected chi connectivity index (χ3v) is 5.05. The number of carboxylic acid groups (broad SMARTS) is 1. The summed E-state index contributed by atoms with van der Waals surface area (Å²) in [6, 6.07) is 5.54. The van der Waals surface area contributed by atoms with E-state index in [0.29, 0.717) is 32.5 Å². The Morgan fingerprint density at radius 1 is 1.36 bits per heavy atom. The molecule has 0 aromatic carbocycles. The zero-order valence-electron chi connectivity index (χ0n) is 13.9. The first-order chi connectivity index (χ1) is 12.0. The van der Waals surface area contributed by atoms with E-state index in [0.717, 1.165) is 5.69 Å². The maximum atomic E-state index is 12.1. The van der Waals surface area contributed by atoms with Crippen LogP contribution in [0.25, 0.3) is 0 Å². The highest BCUT2D eigenvalue weighted by Crippen LogP contribution is 2.36. The van der Waals surface area contributed by atoms with Gasteiger partial charge in [-0.25, -0.2) is 0 Å². The molecule has 134 valence electrons. The molecule has 8 nitrogen and oxygen atoms in total. The molecule has 1 atom stereocenters. The number of likely N-dealkylation sites (tertiary alicyclic amines) is 1. The van der Waals surface area contributed by atoms with Crippen LogP contribution in [0.15, 0.2) is 24.4 Å². The SMILES string of the molecule is O=C(CN1CCC2(CC1)NC(=O)C[C@H]2C(=O)O)NCc1ccccn1. The predicted molar refractivity (Wildman–Crippen MR) is 88.4 cm³/mol. The van der Waals surface area contributed by atoms with Crippen LogP contribution in [-0.4, -0.2) is 57.9 Å². The molecule has 8 heteroatoms. The molecule has 1 aromatic heterocycles. The van der Waals surface area contributed by atoms with Crippen molar-refractivity contribution in [1.29, 1.82) is 0 Å². The molecule has 2 fully saturated rings. The van der Waals surface area contributed by atoms with Crippen LogP contribution >= 0.6 is 0 Å². The number of carbonyl (C=O) groups excluding carboxylic acids is 2. The minimum Gasteiger partial charge on any atom is -0.481 e. The van der Waals surface area contributed by atoms with Gasteiger partial charge in [0, 0.05) is 25.7 Å². The number of amides is 2. The van der Waals surface area contributed by atoms with Gasteiger partial charge < -0.3 is 15.7 Å². The normalized spacial score (nSPS) is 22.6. The van der Waals surface area contributed by atoms with Gasteiger partial charge in [0.1, 0.15) is 0 Å². The zero-order valence-corrected chi connectivity index (χ0v) is 13.9. The molecule has 0 unspecified atom stereocenters. The molecule has 0 aliphatic carbocycles. The van der Waals surface area contributed by atoms with Gasteiger partial charge in [-0.2, -0.15) is 0 Å². The topological polar surface area (TPSA) is 112 Å². The van der Waals surface area contributed by atoms with E-state index in [9.17, 15) is 19.5 Å². The second-order valence-electron chi connectivity index (χ2n) is 6.67. The third kappa shape index (κ3) is 3.96. The van der Waals surface area contributed by atoms with Gasteiger partial charge in [-0.3, -0.25) is 24.3 Å². The first-order valence-corrected chi connectivity index (χ1v) is 8.41. The predicted octanol–water partition coefficient (Wildman–Crippen LogP) is -0.247. The average molecular weight is 346 g/mol. The number of carbonyl (C=O) groups is 3. The Morgan fingerprint density at radius 3 is 2.76 bits per heavy atom. The van der Waals surface area contributed by atoms with Crippen LogP contribution in [0.5, 0.6) is 0 Å². The summed E-state index contributed by atoms with van der Waals surface area (Å²) >= 11 is 0. The third-order valence-electron chi connectivity index (χ3n) is 5.05. The Labute approximate surface area is 145 Å². The van der Waals surface area contributed by atoms with Gasteiger partial charge >= 0.3 is 5.97 Å². The van der Waals surface area contributed by atoms with Gasteiger partial charge in [0.25, 0.3) is 0 Å². The molecule has 3 rings (SSSR count). The van der Waals surface area contributed by atoms with Crippen molar-refractivity contribution >= 4 is 17.8 Å². The molecule has 2 aliphatic heterocycles. The smallest absolute Gasteiger partial charge is 0.309 e. The van der Waals surface area contributed by atoms with Crippen molar-refractivity contribution in [2.75, 3.05) is 19.6 Å². The summed E-state index contributed by atoms with van der Waals surface area (Å²) in [7, 11) is 0. The van der Waals surface area contributed by atoms with Crippen LogP contribution in [0.1, 0.15) is 25.0 Å². The van der Waals surface area contributed by atoms with Gasteiger partial charge in [-0.05, 0) is 25.0 Å². The molecular formula is C17H22N4O4. The fraction of sp³-hybridized carbons (Fsp3) is 0.529. The summed E-state index contributed by atoms with van der Waals surface area (Å²) < 4.78 is 0. The lowest BCUT2D eigenvalue weighted by molar-refractivity contribution is -0.145. The molecule has 2 aliphatic rings. The number of rotatable bonds is 5. The quantitative estimate of drug-likeness (QED) is 0.678. The van der Waals surface area contributed by atoms with Gasteiger partial charge in [-0.15, -0.1) is 0 Å². The lowest BCUT2D eigenvalue weighted by Crippen LogP contribution is -2.56. The maximum absolute atomic E-state index is 12.1. The van der Waals surface area contributed by atoms with Crippen molar-refractivity contribution in [3.05, 3.63) is 30.1 Å². The van der Waals surface area contributed by atoms with Crippen LogP contribution in [0.2, 0.25) is 0 Å². The Bertz CT molecular complexity index is 656. The van der Waals surface area contributed by atoms with Gasteiger partial charge in [-0.1, -0.05) is 6.07 Å². The van der Waals surface area contributed by atoms with Crippen molar-refractivity contribution in [1.82, 2.24) is 20.5 Å². The van der Waals surface area contributed by atoms with Crippen molar-refractivity contribution in [2.24, 2.45) is 5.92 Å². The molecule has 1 aromatic rings. The summed E-state index contributed by atoms with van der Waals surface area (Å²) in [6.07, 6.45) is 2.81. The van der Waals surface area contributed by atoms with Crippen molar-refractivity contribution in [2.45, 2.75) is 31.3 Å². The van der Waals surface area contributed by atoms with E-state index in [1.54, 1.807) is 6.20 Å². The minimum atomic E-state index is -0.931. The molecule has 25 heavy (non-hydrogen) atoms. The number of nitrogens with one attached hydrogen (secondary N) is 2. The van der Waals surface area contributed by atoms with Crippen LogP contribution in [0.3, 0.4) is 0 Å². The number of hydrogen-bond acceptors (Lipinski definition) is 5. The van der Waals surface area contributed by atoms with Crippen molar-refractivity contribution in [3.8, 4) is 0 Å². The number of hydrogen-bond donors (Lipinski definition) is 3. The lowest BCUT2D eigenvalue weighted by Gasteiger charge is -2.41. The van der Waals surface area contributed by atoms with E-state index in [-0.39, 0.29) is 24.8 Å². The second-order valence-corrected chi connectivity index (χ2v) is 6.67. The molecule has 3 N–H and O–H groups in total. The zero-order chi connectivity index (χ0) is 17.9. The summed E-state index contributed by atoms with van der Waals surface area (Å²) in [5.74, 6) is -1.90. The van der Waals surface area contributed by atoms with Crippen LogP contribution in [0.4, 0.5) is 0 Å². The highest BCUT2D eigenvalue weighted by molar-refractivity contribution is 5.88. The number of aliphatic carboxylic acids is 1. The Balaban J connectivity index is 1.48. The van der Waals surface area contributed by atoms with Crippen LogP contribution in [0, 0.1) is 5.92 Å². The molecule has 0 radical (unpaired) electrons. The largest absolute Gasteiger partial charge is 0.481 e. The van der Waals surface area contributed by atoms with E-state index < -0.39 is 17.4 Å². The molecule has 0 saturated carbocycles. The number of nitrogens with zero attached hydrogens (tertiary/aromatic N) is 2. The van der Waals surface area contributed by atoms with Crippen LogP contribution < -0.4 is 10.6 Å². The van der Waals surface area contributed by atoms with Gasteiger partial charge in [0.05, 0.1) is 30.2 Å². The number of aromatic nitrogens is 1. The Kier molecular flexibility index (Phi) is 4.98. The van der Waals surface area contributed by atoms with Gasteiger partial charge in [0.2, 0.25) is 11.8 Å². The maximum Gasteiger partial charge on any atom is 0.309 e. The van der Waals surface area contributed by atoms with E-state index in [1.165, 1.54) is 0 Å². The molecule has 2 amide bonds. The summed E-state index contributed by atoms with van der Waals surface area (Å²) in [5, 5.41) is 15.1. The Hall–Kier alpha value is -2.48. The Morgan fingerprint density at radius 2 is 2.12 bits per heavy atom.